The van der Waals surface area contributed by atoms with Crippen LogP contribution in [0.15, 0.2) is 60.7 Å². The van der Waals surface area contributed by atoms with Gasteiger partial charge in [-0.15, -0.1) is 0 Å². The van der Waals surface area contributed by atoms with Gasteiger partial charge in [-0.3, -0.25) is 9.05 Å². The number of benzene rings is 2. The summed E-state index contributed by atoms with van der Waals surface area (Å²) in [6, 6.07) is 19.8. The first-order valence-corrected chi connectivity index (χ1v) is 12.4. The Bertz CT molecular complexity index is 787. The second-order valence-corrected chi connectivity index (χ2v) is 11.1. The van der Waals surface area contributed by atoms with Gasteiger partial charge in [-0.2, -0.15) is 0 Å². The molecule has 4 nitrogen and oxygen atoms in total. The molecule has 0 unspecified atom stereocenters. The van der Waals surface area contributed by atoms with E-state index in [2.05, 4.69) is 5.09 Å². The number of nitrogens with one attached hydrogen (secondary N) is 1. The third-order valence-corrected chi connectivity index (χ3v) is 8.59. The summed E-state index contributed by atoms with van der Waals surface area (Å²) in [6.07, 6.45) is 7.36. The van der Waals surface area contributed by atoms with Gasteiger partial charge in [0.2, 0.25) is 0 Å². The second-order valence-electron chi connectivity index (χ2n) is 9.33. The number of rotatable bonds is 8. The Morgan fingerprint density at radius 2 is 1.17 bits per heavy atom. The van der Waals surface area contributed by atoms with E-state index >= 15 is 0 Å². The van der Waals surface area contributed by atoms with Gasteiger partial charge in [0.25, 0.3) is 0 Å². The zero-order valence-electron chi connectivity index (χ0n) is 16.8. The van der Waals surface area contributed by atoms with Crippen LogP contribution < -0.4 is 5.09 Å². The van der Waals surface area contributed by atoms with E-state index in [4.69, 9.17) is 9.05 Å². The average Bonchev–Trinajstić information content (AvgIpc) is 2.71. The monoisotopic (exact) mass is 411 g/mol. The summed E-state index contributed by atoms with van der Waals surface area (Å²) in [5.41, 5.74) is 1.92. The zero-order valence-corrected chi connectivity index (χ0v) is 17.7. The highest BCUT2D eigenvalue weighted by molar-refractivity contribution is 7.51. The van der Waals surface area contributed by atoms with Gasteiger partial charge >= 0.3 is 7.75 Å². The van der Waals surface area contributed by atoms with Gasteiger partial charge in [-0.25, -0.2) is 9.65 Å². The molecule has 0 aromatic heterocycles. The predicted octanol–water partition coefficient (Wildman–Crippen LogP) is 6.09. The molecule has 4 saturated carbocycles. The Labute approximate surface area is 173 Å². The van der Waals surface area contributed by atoms with Crippen molar-refractivity contribution in [2.24, 2.45) is 17.8 Å². The molecule has 1 N–H and O–H groups in total. The molecule has 4 bridgehead atoms. The SMILES string of the molecule is O=P(NC12CC3CC(CC(C3)C1)C2)(OCc1ccccc1)OCc1ccccc1. The van der Waals surface area contributed by atoms with E-state index in [0.29, 0.717) is 0 Å². The summed E-state index contributed by atoms with van der Waals surface area (Å²) in [5.74, 6) is 2.31. The largest absolute Gasteiger partial charge is 0.406 e. The summed E-state index contributed by atoms with van der Waals surface area (Å²) in [7, 11) is -3.45. The minimum absolute atomic E-state index is 0.0857. The Morgan fingerprint density at radius 3 is 1.59 bits per heavy atom. The predicted molar refractivity (Wildman–Crippen MR) is 114 cm³/mol. The lowest BCUT2D eigenvalue weighted by molar-refractivity contribution is -0.0139. The van der Waals surface area contributed by atoms with Gasteiger partial charge in [0.1, 0.15) is 0 Å². The van der Waals surface area contributed by atoms with Crippen molar-refractivity contribution >= 4 is 7.75 Å². The molecule has 0 aliphatic heterocycles. The smallest absolute Gasteiger partial charge is 0.292 e. The minimum atomic E-state index is -3.45. The van der Waals surface area contributed by atoms with Crippen molar-refractivity contribution in [3.8, 4) is 0 Å². The van der Waals surface area contributed by atoms with E-state index < -0.39 is 7.75 Å². The molecule has 0 heterocycles. The maximum absolute atomic E-state index is 13.9. The molecule has 2 aromatic rings. The van der Waals surface area contributed by atoms with Crippen molar-refractivity contribution in [3.63, 3.8) is 0 Å². The first-order valence-electron chi connectivity index (χ1n) is 10.9. The maximum Gasteiger partial charge on any atom is 0.406 e. The van der Waals surface area contributed by atoms with Crippen LogP contribution in [-0.2, 0) is 26.8 Å². The van der Waals surface area contributed by atoms with Crippen molar-refractivity contribution in [1.29, 1.82) is 0 Å². The van der Waals surface area contributed by atoms with Crippen LogP contribution in [0.5, 0.6) is 0 Å². The third kappa shape index (κ3) is 4.51. The highest BCUT2D eigenvalue weighted by Gasteiger charge is 2.53. The summed E-state index contributed by atoms with van der Waals surface area (Å²) in [4.78, 5) is 0. The summed E-state index contributed by atoms with van der Waals surface area (Å²) < 4.78 is 25.9. The fourth-order valence-electron chi connectivity index (χ4n) is 6.11. The Balaban J connectivity index is 1.33. The molecule has 154 valence electrons. The molecule has 0 saturated heterocycles. The highest BCUT2D eigenvalue weighted by Crippen LogP contribution is 2.59. The van der Waals surface area contributed by atoms with Gasteiger partial charge in [0.05, 0.1) is 13.2 Å². The summed E-state index contributed by atoms with van der Waals surface area (Å²) in [6.45, 7) is 0.568. The molecule has 4 aliphatic carbocycles. The lowest BCUT2D eigenvalue weighted by Gasteiger charge is -2.57. The number of hydrogen-bond acceptors (Lipinski definition) is 3. The topological polar surface area (TPSA) is 47.6 Å². The third-order valence-electron chi connectivity index (χ3n) is 6.90. The Kier molecular flexibility index (Phi) is 5.38. The van der Waals surface area contributed by atoms with Gasteiger partial charge in [0, 0.05) is 5.54 Å². The van der Waals surface area contributed by atoms with Gasteiger partial charge in [-0.05, 0) is 67.4 Å². The average molecular weight is 411 g/mol. The Morgan fingerprint density at radius 1 is 0.759 bits per heavy atom. The minimum Gasteiger partial charge on any atom is -0.292 e. The Hall–Kier alpha value is -1.45. The van der Waals surface area contributed by atoms with Gasteiger partial charge in [0.15, 0.2) is 0 Å². The molecule has 0 atom stereocenters. The van der Waals surface area contributed by atoms with E-state index in [1.165, 1.54) is 19.3 Å². The van der Waals surface area contributed by atoms with Crippen LogP contribution in [0.25, 0.3) is 0 Å². The van der Waals surface area contributed by atoms with E-state index in [1.807, 2.05) is 60.7 Å². The van der Waals surface area contributed by atoms with Gasteiger partial charge < -0.3 is 0 Å². The lowest BCUT2D eigenvalue weighted by Crippen LogP contribution is -2.57. The summed E-state index contributed by atoms with van der Waals surface area (Å²) in [5, 5.41) is 3.49. The normalized spacial score (nSPS) is 30.6. The standard InChI is InChI=1S/C24H30NO3P/c26-29(27-17-19-7-3-1-4-8-19,28-18-20-9-5-2-6-10-20)25-24-14-21-11-22(15-24)13-23(12-21)16-24/h1-10,21-23H,11-18H2,(H,25,26). The van der Waals surface area contributed by atoms with Crippen molar-refractivity contribution in [2.45, 2.75) is 57.3 Å². The lowest BCUT2D eigenvalue weighted by atomic mass is 9.53. The van der Waals surface area contributed by atoms with E-state index in [-0.39, 0.29) is 18.8 Å². The molecule has 0 spiro atoms. The van der Waals surface area contributed by atoms with Crippen LogP contribution >= 0.6 is 7.75 Å². The van der Waals surface area contributed by atoms with E-state index in [1.54, 1.807) is 0 Å². The van der Waals surface area contributed by atoms with E-state index in [9.17, 15) is 4.57 Å². The molecular weight excluding hydrogens is 381 g/mol. The number of hydrogen-bond donors (Lipinski definition) is 1. The molecule has 6 rings (SSSR count). The fourth-order valence-corrected chi connectivity index (χ4v) is 7.80. The van der Waals surface area contributed by atoms with Crippen molar-refractivity contribution in [1.82, 2.24) is 5.09 Å². The van der Waals surface area contributed by atoms with Crippen molar-refractivity contribution < 1.29 is 13.6 Å². The zero-order chi connectivity index (χ0) is 19.7. The van der Waals surface area contributed by atoms with Crippen LogP contribution in [0, 0.1) is 17.8 Å². The molecule has 2 aromatic carbocycles. The molecule has 4 fully saturated rings. The van der Waals surface area contributed by atoms with E-state index in [0.717, 1.165) is 48.1 Å². The quantitative estimate of drug-likeness (QED) is 0.534. The van der Waals surface area contributed by atoms with Crippen molar-refractivity contribution in [2.75, 3.05) is 0 Å². The first-order chi connectivity index (χ1) is 14.1. The maximum atomic E-state index is 13.9. The molecule has 4 aliphatic rings. The fraction of sp³-hybridized carbons (Fsp3) is 0.500. The first kappa shape index (κ1) is 19.5. The van der Waals surface area contributed by atoms with Gasteiger partial charge in [-0.1, -0.05) is 60.7 Å². The molecule has 5 heteroatoms. The molecule has 0 radical (unpaired) electrons. The summed E-state index contributed by atoms with van der Waals surface area (Å²) >= 11 is 0. The van der Waals surface area contributed by atoms with Crippen LogP contribution in [0.2, 0.25) is 0 Å². The van der Waals surface area contributed by atoms with Crippen LogP contribution in [0.4, 0.5) is 0 Å². The molecule has 29 heavy (non-hydrogen) atoms. The van der Waals surface area contributed by atoms with Crippen LogP contribution in [0.3, 0.4) is 0 Å². The van der Waals surface area contributed by atoms with Crippen molar-refractivity contribution in [3.05, 3.63) is 71.8 Å². The molecule has 0 amide bonds. The second kappa shape index (κ2) is 8.00. The van der Waals surface area contributed by atoms with Crippen LogP contribution in [-0.4, -0.2) is 5.54 Å². The molecular formula is C24H30NO3P. The highest BCUT2D eigenvalue weighted by atomic mass is 31.2. The van der Waals surface area contributed by atoms with Crippen LogP contribution in [0.1, 0.15) is 49.7 Å².